The molecule has 0 amide bonds. The molecule has 0 radical (unpaired) electrons. The minimum atomic E-state index is -4.61. The van der Waals surface area contributed by atoms with Gasteiger partial charge < -0.3 is 4.74 Å². The van der Waals surface area contributed by atoms with E-state index in [0.717, 1.165) is 12.1 Å². The van der Waals surface area contributed by atoms with Gasteiger partial charge in [0.05, 0.1) is 5.56 Å². The van der Waals surface area contributed by atoms with Gasteiger partial charge in [0.2, 0.25) is 0 Å². The number of hydrogen-bond acceptors (Lipinski definition) is 2. The van der Waals surface area contributed by atoms with E-state index in [0.29, 0.717) is 0 Å². The van der Waals surface area contributed by atoms with Crippen LogP contribution in [0, 0.1) is 0 Å². The molecule has 0 unspecified atom stereocenters. The topological polar surface area (TPSA) is 58.0 Å². The lowest BCUT2D eigenvalue weighted by Crippen LogP contribution is -2.06. The molecule has 0 heterocycles. The van der Waals surface area contributed by atoms with Crippen LogP contribution >= 0.6 is 0 Å². The van der Waals surface area contributed by atoms with Crippen LogP contribution in [-0.2, 0) is 6.18 Å². The highest BCUT2D eigenvalue weighted by Gasteiger charge is 2.34. The summed E-state index contributed by atoms with van der Waals surface area (Å²) in [7, 11) is 0. The van der Waals surface area contributed by atoms with Crippen LogP contribution in [0.15, 0.2) is 53.6 Å². The van der Waals surface area contributed by atoms with Gasteiger partial charge >= 0.3 is 6.18 Å². The Kier molecular flexibility index (Phi) is 3.81. The molecule has 0 bridgehead atoms. The summed E-state index contributed by atoms with van der Waals surface area (Å²) in [6.07, 6.45) is -4.61. The molecule has 0 saturated heterocycles. The largest absolute Gasteiger partial charge is 0.457 e. The van der Waals surface area contributed by atoms with Crippen molar-refractivity contribution < 1.29 is 17.9 Å². The predicted molar refractivity (Wildman–Crippen MR) is 66.8 cm³/mol. The highest BCUT2D eigenvalue weighted by molar-refractivity contribution is 5.49. The summed E-state index contributed by atoms with van der Waals surface area (Å²) in [5.74, 6) is -0.0601. The van der Waals surface area contributed by atoms with Crippen molar-refractivity contribution in [1.29, 1.82) is 0 Å². The molecule has 0 fully saturated rings. The maximum absolute atomic E-state index is 13.0. The lowest BCUT2D eigenvalue weighted by atomic mass is 10.1. The number of hydrogen-bond donors (Lipinski definition) is 0. The van der Waals surface area contributed by atoms with Crippen LogP contribution in [0.3, 0.4) is 0 Å². The summed E-state index contributed by atoms with van der Waals surface area (Å²) in [6.45, 7) is 0. The Bertz CT molecular complexity index is 650. The predicted octanol–water partition coefficient (Wildman–Crippen LogP) is 5.44. The van der Waals surface area contributed by atoms with Crippen molar-refractivity contribution in [2.45, 2.75) is 6.18 Å². The Morgan fingerprint density at radius 1 is 1.05 bits per heavy atom. The summed E-state index contributed by atoms with van der Waals surface area (Å²) in [4.78, 5) is 2.46. The molecule has 0 aliphatic carbocycles. The number of azide groups is 1. The lowest BCUT2D eigenvalue weighted by Gasteiger charge is -2.14. The molecule has 102 valence electrons. The fourth-order valence-electron chi connectivity index (χ4n) is 1.56. The number of halogens is 3. The van der Waals surface area contributed by atoms with E-state index in [4.69, 9.17) is 10.3 Å². The molecule has 0 spiro atoms. The molecule has 0 atom stereocenters. The van der Waals surface area contributed by atoms with E-state index in [1.54, 1.807) is 30.3 Å². The standard InChI is InChI=1S/C13H8F3N3O/c14-13(15,16)11-8-9(18-19-17)6-7-12(11)20-10-4-2-1-3-5-10/h1-8H. The van der Waals surface area contributed by atoms with Crippen molar-refractivity contribution in [3.8, 4) is 11.5 Å². The first-order chi connectivity index (χ1) is 9.50. The van der Waals surface area contributed by atoms with Crippen molar-refractivity contribution in [2.75, 3.05) is 0 Å². The van der Waals surface area contributed by atoms with E-state index in [1.165, 1.54) is 6.07 Å². The molecule has 2 aromatic rings. The summed E-state index contributed by atoms with van der Waals surface area (Å²) in [5.41, 5.74) is 7.14. The summed E-state index contributed by atoms with van der Waals surface area (Å²) >= 11 is 0. The lowest BCUT2D eigenvalue weighted by molar-refractivity contribution is -0.138. The van der Waals surface area contributed by atoms with Crippen LogP contribution < -0.4 is 4.74 Å². The van der Waals surface area contributed by atoms with Gasteiger partial charge in [-0.2, -0.15) is 13.2 Å². The van der Waals surface area contributed by atoms with Gasteiger partial charge in [0.1, 0.15) is 11.5 Å². The van der Waals surface area contributed by atoms with Crippen LogP contribution in [0.2, 0.25) is 0 Å². The number of para-hydroxylation sites is 1. The molecule has 7 heteroatoms. The Balaban J connectivity index is 2.44. The second-order valence-electron chi connectivity index (χ2n) is 3.78. The van der Waals surface area contributed by atoms with Crippen molar-refractivity contribution in [3.63, 3.8) is 0 Å². The zero-order valence-corrected chi connectivity index (χ0v) is 10.0. The van der Waals surface area contributed by atoms with Gasteiger partial charge in [-0.25, -0.2) is 0 Å². The maximum atomic E-state index is 13.0. The fraction of sp³-hybridized carbons (Fsp3) is 0.0769. The SMILES string of the molecule is [N-]=[N+]=Nc1ccc(Oc2ccccc2)c(C(F)(F)F)c1. The monoisotopic (exact) mass is 279 g/mol. The quantitative estimate of drug-likeness (QED) is 0.419. The summed E-state index contributed by atoms with van der Waals surface area (Å²) in [5, 5.41) is 3.15. The second kappa shape index (κ2) is 5.54. The first kappa shape index (κ1) is 13.8. The minimum absolute atomic E-state index is 0.125. The maximum Gasteiger partial charge on any atom is 0.419 e. The summed E-state index contributed by atoms with van der Waals surface area (Å²) in [6, 6.07) is 11.2. The zero-order valence-electron chi connectivity index (χ0n) is 10.0. The van der Waals surface area contributed by atoms with Gasteiger partial charge in [-0.05, 0) is 35.9 Å². The first-order valence-electron chi connectivity index (χ1n) is 5.50. The van der Waals surface area contributed by atoms with Gasteiger partial charge in [0.15, 0.2) is 0 Å². The highest BCUT2D eigenvalue weighted by atomic mass is 19.4. The van der Waals surface area contributed by atoms with Crippen molar-refractivity contribution in [1.82, 2.24) is 0 Å². The third-order valence-electron chi connectivity index (χ3n) is 2.40. The number of ether oxygens (including phenoxy) is 1. The first-order valence-corrected chi connectivity index (χ1v) is 5.50. The second-order valence-corrected chi connectivity index (χ2v) is 3.78. The third kappa shape index (κ3) is 3.21. The fourth-order valence-corrected chi connectivity index (χ4v) is 1.56. The van der Waals surface area contributed by atoms with E-state index in [1.807, 2.05) is 0 Å². The molecular weight excluding hydrogens is 271 g/mol. The van der Waals surface area contributed by atoms with Gasteiger partial charge in [-0.15, -0.1) is 0 Å². The van der Waals surface area contributed by atoms with E-state index in [-0.39, 0.29) is 17.2 Å². The van der Waals surface area contributed by atoms with E-state index in [2.05, 4.69) is 10.0 Å². The van der Waals surface area contributed by atoms with Crippen LogP contribution in [0.1, 0.15) is 5.56 Å². The van der Waals surface area contributed by atoms with Gasteiger partial charge in [0, 0.05) is 10.6 Å². The van der Waals surface area contributed by atoms with Crippen molar-refractivity contribution in [2.24, 2.45) is 5.11 Å². The molecule has 20 heavy (non-hydrogen) atoms. The average Bonchev–Trinajstić information content (AvgIpc) is 2.41. The number of alkyl halides is 3. The molecule has 4 nitrogen and oxygen atoms in total. The Labute approximate surface area is 112 Å². The summed E-state index contributed by atoms with van der Waals surface area (Å²) < 4.78 is 44.1. The molecule has 2 rings (SSSR count). The molecule has 0 aliphatic heterocycles. The van der Waals surface area contributed by atoms with Gasteiger partial charge in [-0.1, -0.05) is 23.3 Å². The zero-order chi connectivity index (χ0) is 14.6. The minimum Gasteiger partial charge on any atom is -0.457 e. The van der Waals surface area contributed by atoms with E-state index < -0.39 is 11.7 Å². The highest BCUT2D eigenvalue weighted by Crippen LogP contribution is 2.40. The number of benzene rings is 2. The Hall–Kier alpha value is -2.66. The van der Waals surface area contributed by atoms with Gasteiger partial charge in [-0.3, -0.25) is 0 Å². The van der Waals surface area contributed by atoms with E-state index in [9.17, 15) is 13.2 Å². The van der Waals surface area contributed by atoms with Crippen LogP contribution in [0.25, 0.3) is 10.4 Å². The smallest absolute Gasteiger partial charge is 0.419 e. The van der Waals surface area contributed by atoms with Crippen LogP contribution in [0.5, 0.6) is 11.5 Å². The molecular formula is C13H8F3N3O. The van der Waals surface area contributed by atoms with Crippen LogP contribution in [-0.4, -0.2) is 0 Å². The normalized spacial score (nSPS) is 10.8. The average molecular weight is 279 g/mol. The molecule has 0 aromatic heterocycles. The molecule has 0 saturated carbocycles. The van der Waals surface area contributed by atoms with Crippen molar-refractivity contribution >= 4 is 5.69 Å². The molecule has 0 aliphatic rings. The van der Waals surface area contributed by atoms with Crippen molar-refractivity contribution in [3.05, 3.63) is 64.5 Å². The molecule has 2 aromatic carbocycles. The number of nitrogens with zero attached hydrogens (tertiary/aromatic N) is 3. The van der Waals surface area contributed by atoms with Gasteiger partial charge in [0.25, 0.3) is 0 Å². The third-order valence-corrected chi connectivity index (χ3v) is 2.40. The van der Waals surface area contributed by atoms with Crippen LogP contribution in [0.4, 0.5) is 18.9 Å². The Morgan fingerprint density at radius 3 is 2.35 bits per heavy atom. The Morgan fingerprint density at radius 2 is 1.75 bits per heavy atom. The molecule has 0 N–H and O–H groups in total. The van der Waals surface area contributed by atoms with E-state index >= 15 is 0 Å². The number of rotatable bonds is 3.